The Kier molecular flexibility index (Phi) is 6.06. The van der Waals surface area contributed by atoms with Gasteiger partial charge in [0.25, 0.3) is 0 Å². The van der Waals surface area contributed by atoms with Gasteiger partial charge in [-0.3, -0.25) is 0 Å². The second-order valence-corrected chi connectivity index (χ2v) is 7.34. The number of rotatable bonds is 4. The number of nitrogens with two attached hydrogens (primary N) is 2. The van der Waals surface area contributed by atoms with Crippen LogP contribution in [0.15, 0.2) is 42.5 Å². The van der Waals surface area contributed by atoms with Crippen molar-refractivity contribution < 1.29 is 21.8 Å². The van der Waals surface area contributed by atoms with Crippen LogP contribution in [-0.4, -0.2) is 32.7 Å². The molecule has 157 valence electrons. The first kappa shape index (κ1) is 21.1. The third kappa shape index (κ3) is 4.95. The summed E-state index contributed by atoms with van der Waals surface area (Å²) in [6.07, 6.45) is 8.12. The summed E-state index contributed by atoms with van der Waals surface area (Å²) in [5, 5.41) is 0. The molecule has 2 aliphatic heterocycles. The molecule has 5 rings (SSSR count). The minimum atomic E-state index is -0.400. The van der Waals surface area contributed by atoms with Gasteiger partial charge in [-0.05, 0) is 60.7 Å². The SMILES string of the molecule is NC(N)CCOc1cc2cc3nc(cc4ccc(cc5nc(cc1[nH]2)C=C5)[nH]4)C=C3.[Mn]. The van der Waals surface area contributed by atoms with Gasteiger partial charge in [0, 0.05) is 46.1 Å². The van der Waals surface area contributed by atoms with Crippen molar-refractivity contribution in [2.24, 2.45) is 11.5 Å². The van der Waals surface area contributed by atoms with Crippen molar-refractivity contribution in [2.75, 3.05) is 6.61 Å². The van der Waals surface area contributed by atoms with Crippen LogP contribution >= 0.6 is 0 Å². The molecule has 3 aromatic heterocycles. The minimum absolute atomic E-state index is 0. The monoisotopic (exact) mass is 453 g/mol. The fourth-order valence-electron chi connectivity index (χ4n) is 3.42. The summed E-state index contributed by atoms with van der Waals surface area (Å²) in [4.78, 5) is 16.1. The summed E-state index contributed by atoms with van der Waals surface area (Å²) in [6.45, 7) is 0.436. The minimum Gasteiger partial charge on any atom is -0.491 e. The van der Waals surface area contributed by atoms with E-state index in [1.165, 1.54) is 0 Å². The van der Waals surface area contributed by atoms with Crippen molar-refractivity contribution in [1.82, 2.24) is 19.9 Å². The first-order valence-corrected chi connectivity index (χ1v) is 9.83. The number of aromatic nitrogens is 4. The average molecular weight is 453 g/mol. The normalized spacial score (nSPS) is 12.2. The van der Waals surface area contributed by atoms with Crippen molar-refractivity contribution in [2.45, 2.75) is 12.6 Å². The molecule has 0 amide bonds. The number of ether oxygens (including phenoxy) is 1. The molecule has 6 N–H and O–H groups in total. The molecule has 1 radical (unpaired) electrons. The number of nitrogens with one attached hydrogen (secondary N) is 2. The number of H-pyrrole nitrogens is 2. The maximum atomic E-state index is 5.94. The smallest absolute Gasteiger partial charge is 0.144 e. The predicted molar refractivity (Wildman–Crippen MR) is 121 cm³/mol. The topological polar surface area (TPSA) is 119 Å². The van der Waals surface area contributed by atoms with Crippen molar-refractivity contribution in [1.29, 1.82) is 0 Å². The maximum Gasteiger partial charge on any atom is 0.144 e. The Balaban J connectivity index is 0.00000231. The Morgan fingerprint density at radius 3 is 1.87 bits per heavy atom. The molecule has 5 heterocycles. The van der Waals surface area contributed by atoms with Crippen molar-refractivity contribution in [3.63, 3.8) is 0 Å². The van der Waals surface area contributed by atoms with Crippen LogP contribution in [0.25, 0.3) is 46.4 Å². The standard InChI is InChI=1S/C23H22N6O.Mn/c24-23(25)7-8-30-22-13-20-11-18-4-3-16(27-18)9-14-1-2-15(26-14)10-17-5-6-19(28-17)12-21(22)29-20;/h1-6,9-13,23,26,29H,7-8,24-25H2;. The van der Waals surface area contributed by atoms with Crippen molar-refractivity contribution in [3.05, 3.63) is 65.2 Å². The van der Waals surface area contributed by atoms with Crippen LogP contribution in [0.5, 0.6) is 5.75 Å². The molecule has 8 bridgehead atoms. The van der Waals surface area contributed by atoms with Crippen LogP contribution in [0, 0.1) is 0 Å². The van der Waals surface area contributed by atoms with E-state index >= 15 is 0 Å². The van der Waals surface area contributed by atoms with E-state index in [-0.39, 0.29) is 17.1 Å². The second kappa shape index (κ2) is 8.91. The molecule has 0 spiro atoms. The Hall–Kier alpha value is -3.16. The Labute approximate surface area is 189 Å². The van der Waals surface area contributed by atoms with Gasteiger partial charge in [-0.25, -0.2) is 9.97 Å². The van der Waals surface area contributed by atoms with Gasteiger partial charge in [-0.15, -0.1) is 0 Å². The Bertz CT molecular complexity index is 1320. The van der Waals surface area contributed by atoms with E-state index in [2.05, 4.69) is 19.9 Å². The van der Waals surface area contributed by atoms with Crippen LogP contribution < -0.4 is 16.2 Å². The molecule has 0 unspecified atom stereocenters. The van der Waals surface area contributed by atoms with E-state index in [4.69, 9.17) is 16.2 Å². The van der Waals surface area contributed by atoms with E-state index < -0.39 is 6.17 Å². The van der Waals surface area contributed by atoms with Gasteiger partial charge in [0.1, 0.15) is 5.75 Å². The molecule has 0 fully saturated rings. The molecule has 7 nitrogen and oxygen atoms in total. The van der Waals surface area contributed by atoms with Gasteiger partial charge < -0.3 is 26.2 Å². The molecule has 0 aromatic carbocycles. The van der Waals surface area contributed by atoms with Gasteiger partial charge in [-0.1, -0.05) is 0 Å². The predicted octanol–water partition coefficient (Wildman–Crippen LogP) is 3.67. The molecule has 0 saturated carbocycles. The van der Waals surface area contributed by atoms with Gasteiger partial charge in [0.2, 0.25) is 0 Å². The zero-order valence-electron chi connectivity index (χ0n) is 16.7. The summed E-state index contributed by atoms with van der Waals surface area (Å²) in [5.41, 5.74) is 18.5. The van der Waals surface area contributed by atoms with Crippen molar-refractivity contribution in [3.8, 4) is 5.75 Å². The summed E-state index contributed by atoms with van der Waals surface area (Å²) < 4.78 is 5.94. The quantitative estimate of drug-likeness (QED) is 0.245. The third-order valence-electron chi connectivity index (χ3n) is 4.84. The largest absolute Gasteiger partial charge is 0.491 e. The first-order valence-electron chi connectivity index (χ1n) is 9.83. The average Bonchev–Trinajstić information content (AvgIpc) is 3.47. The summed E-state index contributed by atoms with van der Waals surface area (Å²) in [7, 11) is 0. The number of nitrogens with zero attached hydrogens (tertiary/aromatic N) is 2. The zero-order valence-corrected chi connectivity index (χ0v) is 17.9. The van der Waals surface area contributed by atoms with E-state index in [9.17, 15) is 0 Å². The van der Waals surface area contributed by atoms with Gasteiger partial charge in [0.15, 0.2) is 0 Å². The van der Waals surface area contributed by atoms with Gasteiger partial charge >= 0.3 is 0 Å². The van der Waals surface area contributed by atoms with E-state index in [1.807, 2.05) is 66.8 Å². The summed E-state index contributed by atoms with van der Waals surface area (Å²) in [5.74, 6) is 0.728. The van der Waals surface area contributed by atoms with Gasteiger partial charge in [0.05, 0.1) is 41.1 Å². The summed E-state index contributed by atoms with van der Waals surface area (Å²) in [6, 6.07) is 14.0. The second-order valence-electron chi connectivity index (χ2n) is 7.34. The Morgan fingerprint density at radius 1 is 0.742 bits per heavy atom. The molecular weight excluding hydrogens is 431 g/mol. The zero-order chi connectivity index (χ0) is 20.5. The van der Waals surface area contributed by atoms with E-state index in [0.29, 0.717) is 13.0 Å². The molecule has 3 aromatic rings. The van der Waals surface area contributed by atoms with Gasteiger partial charge in [-0.2, -0.15) is 0 Å². The summed E-state index contributed by atoms with van der Waals surface area (Å²) >= 11 is 0. The molecule has 2 aliphatic rings. The third-order valence-corrected chi connectivity index (χ3v) is 4.84. The van der Waals surface area contributed by atoms with Crippen LogP contribution in [-0.2, 0) is 17.1 Å². The molecule has 31 heavy (non-hydrogen) atoms. The first-order chi connectivity index (χ1) is 14.6. The van der Waals surface area contributed by atoms with Crippen LogP contribution in [0.1, 0.15) is 29.2 Å². The maximum absolute atomic E-state index is 5.94. The molecular formula is C23H22MnN6O. The molecule has 0 aliphatic carbocycles. The number of fused-ring (bicyclic) bond motifs is 8. The van der Waals surface area contributed by atoms with E-state index in [0.717, 1.165) is 50.6 Å². The molecule has 0 saturated heterocycles. The number of hydrogen-bond acceptors (Lipinski definition) is 5. The Morgan fingerprint density at radius 2 is 1.29 bits per heavy atom. The molecule has 8 heteroatoms. The van der Waals surface area contributed by atoms with E-state index in [1.54, 1.807) is 0 Å². The fourth-order valence-corrected chi connectivity index (χ4v) is 3.42. The van der Waals surface area contributed by atoms with Crippen LogP contribution in [0.2, 0.25) is 0 Å². The fraction of sp³-hybridized carbons (Fsp3) is 0.130. The molecule has 0 atom stereocenters. The number of aromatic amines is 2. The van der Waals surface area contributed by atoms with Crippen LogP contribution in [0.3, 0.4) is 0 Å². The van der Waals surface area contributed by atoms with Crippen molar-refractivity contribution >= 4 is 46.4 Å². The van der Waals surface area contributed by atoms with Crippen LogP contribution in [0.4, 0.5) is 0 Å². The number of hydrogen-bond donors (Lipinski definition) is 4.